The zero-order valence-corrected chi connectivity index (χ0v) is 12.7. The highest BCUT2D eigenvalue weighted by Gasteiger charge is 2.55. The van der Waals surface area contributed by atoms with Gasteiger partial charge in [0.25, 0.3) is 0 Å². The molecule has 1 aliphatic rings. The van der Waals surface area contributed by atoms with Crippen LogP contribution < -0.4 is 0 Å². The molecule has 0 aromatic heterocycles. The molecule has 23 heavy (non-hydrogen) atoms. The van der Waals surface area contributed by atoms with Crippen molar-refractivity contribution in [2.24, 2.45) is 11.8 Å². The molecule has 0 saturated carbocycles. The number of rotatable bonds is 3. The number of carbonyl (C=O) groups is 1. The molecule has 0 amide bonds. The van der Waals surface area contributed by atoms with Gasteiger partial charge in [0.2, 0.25) is 10.0 Å². The van der Waals surface area contributed by atoms with E-state index in [9.17, 15) is 30.8 Å². The SMILES string of the molecule is Cc1ccc(F)cc1S(=O)(=O)N1C[C@@H](C(F)(F)F)[C@H](C(=O)O)C1. The second-order valence-corrected chi connectivity index (χ2v) is 7.23. The van der Waals surface area contributed by atoms with E-state index in [1.807, 2.05) is 0 Å². The monoisotopic (exact) mass is 355 g/mol. The lowest BCUT2D eigenvalue weighted by molar-refractivity contribution is -0.187. The molecule has 2 atom stereocenters. The van der Waals surface area contributed by atoms with Gasteiger partial charge in [0.15, 0.2) is 0 Å². The minimum atomic E-state index is -4.84. The van der Waals surface area contributed by atoms with Crippen LogP contribution in [0.15, 0.2) is 23.1 Å². The summed E-state index contributed by atoms with van der Waals surface area (Å²) in [5.74, 6) is -6.77. The average Bonchev–Trinajstić information content (AvgIpc) is 2.87. The normalized spacial score (nSPS) is 23.2. The smallest absolute Gasteiger partial charge is 0.393 e. The molecule has 1 heterocycles. The van der Waals surface area contributed by atoms with E-state index in [1.165, 1.54) is 13.0 Å². The average molecular weight is 355 g/mol. The Morgan fingerprint density at radius 2 is 1.91 bits per heavy atom. The van der Waals surface area contributed by atoms with Crippen molar-refractivity contribution in [1.29, 1.82) is 0 Å². The topological polar surface area (TPSA) is 74.7 Å². The van der Waals surface area contributed by atoms with Gasteiger partial charge in [-0.05, 0) is 24.6 Å². The highest BCUT2D eigenvalue weighted by atomic mass is 32.2. The summed E-state index contributed by atoms with van der Waals surface area (Å²) in [5.41, 5.74) is 0.161. The van der Waals surface area contributed by atoms with Gasteiger partial charge in [0.05, 0.1) is 16.7 Å². The fraction of sp³-hybridized carbons (Fsp3) is 0.462. The van der Waals surface area contributed by atoms with Gasteiger partial charge in [-0.2, -0.15) is 17.5 Å². The molecule has 10 heteroatoms. The molecule has 1 fully saturated rings. The molecular weight excluding hydrogens is 342 g/mol. The molecule has 1 aromatic rings. The summed E-state index contributed by atoms with van der Waals surface area (Å²) in [6, 6.07) is 2.92. The van der Waals surface area contributed by atoms with Crippen molar-refractivity contribution in [1.82, 2.24) is 4.31 Å². The minimum absolute atomic E-state index is 0.161. The van der Waals surface area contributed by atoms with Crippen LogP contribution in [0, 0.1) is 24.6 Å². The number of aryl methyl sites for hydroxylation is 1. The van der Waals surface area contributed by atoms with Crippen LogP contribution >= 0.6 is 0 Å². The van der Waals surface area contributed by atoms with Crippen LogP contribution in [0.3, 0.4) is 0 Å². The third-order valence-electron chi connectivity index (χ3n) is 3.79. The molecule has 0 bridgehead atoms. The van der Waals surface area contributed by atoms with E-state index >= 15 is 0 Å². The molecule has 2 rings (SSSR count). The first-order chi connectivity index (χ1) is 10.4. The first-order valence-electron chi connectivity index (χ1n) is 6.50. The molecular formula is C13H13F4NO4S. The predicted octanol–water partition coefficient (Wildman–Crippen LogP) is 2.02. The maximum absolute atomic E-state index is 13.3. The Morgan fingerprint density at radius 3 is 2.39 bits per heavy atom. The quantitative estimate of drug-likeness (QED) is 0.842. The number of halogens is 4. The summed E-state index contributed by atoms with van der Waals surface area (Å²) in [6.07, 6.45) is -4.84. The molecule has 0 unspecified atom stereocenters. The summed E-state index contributed by atoms with van der Waals surface area (Å²) in [5, 5.41) is 8.92. The predicted molar refractivity (Wildman–Crippen MR) is 70.6 cm³/mol. The maximum atomic E-state index is 13.3. The fourth-order valence-electron chi connectivity index (χ4n) is 2.54. The molecule has 128 valence electrons. The second kappa shape index (κ2) is 5.75. The number of nitrogens with zero attached hydrogens (tertiary/aromatic N) is 1. The van der Waals surface area contributed by atoms with E-state index in [-0.39, 0.29) is 5.56 Å². The van der Waals surface area contributed by atoms with Crippen LogP contribution in [-0.4, -0.2) is 43.1 Å². The van der Waals surface area contributed by atoms with Crippen molar-refractivity contribution in [3.05, 3.63) is 29.6 Å². The van der Waals surface area contributed by atoms with Crippen LogP contribution in [0.25, 0.3) is 0 Å². The summed E-state index contributed by atoms with van der Waals surface area (Å²) in [6.45, 7) is -0.436. The first-order valence-corrected chi connectivity index (χ1v) is 7.94. The van der Waals surface area contributed by atoms with Gasteiger partial charge >= 0.3 is 12.1 Å². The van der Waals surface area contributed by atoms with Crippen molar-refractivity contribution in [2.75, 3.05) is 13.1 Å². The van der Waals surface area contributed by atoms with E-state index in [0.717, 1.165) is 6.07 Å². The van der Waals surface area contributed by atoms with E-state index in [2.05, 4.69) is 0 Å². The van der Waals surface area contributed by atoms with Crippen LogP contribution in [0.2, 0.25) is 0 Å². The fourth-order valence-corrected chi connectivity index (χ4v) is 4.27. The van der Waals surface area contributed by atoms with E-state index in [0.29, 0.717) is 10.4 Å². The molecule has 0 aliphatic carbocycles. The number of alkyl halides is 3. The molecule has 1 N–H and O–H groups in total. The lowest BCUT2D eigenvalue weighted by Crippen LogP contribution is -2.34. The van der Waals surface area contributed by atoms with Crippen molar-refractivity contribution >= 4 is 16.0 Å². The van der Waals surface area contributed by atoms with Crippen LogP contribution in [0.5, 0.6) is 0 Å². The number of carboxylic acid groups (broad SMARTS) is 1. The van der Waals surface area contributed by atoms with Gasteiger partial charge in [0, 0.05) is 13.1 Å². The van der Waals surface area contributed by atoms with Gasteiger partial charge in [-0.15, -0.1) is 0 Å². The standard InChI is InChI=1S/C13H13F4NO4S/c1-7-2-3-8(14)4-11(7)23(21,22)18-5-9(12(19)20)10(6-18)13(15,16)17/h2-4,9-10H,5-6H2,1H3,(H,19,20)/t9-,10-/m1/s1. The van der Waals surface area contributed by atoms with Crippen molar-refractivity contribution in [3.63, 3.8) is 0 Å². The number of aliphatic carboxylic acids is 1. The highest BCUT2D eigenvalue weighted by molar-refractivity contribution is 7.89. The lowest BCUT2D eigenvalue weighted by atomic mass is 9.96. The van der Waals surface area contributed by atoms with E-state index < -0.39 is 57.8 Å². The Bertz CT molecular complexity index is 732. The van der Waals surface area contributed by atoms with Crippen molar-refractivity contribution in [2.45, 2.75) is 18.0 Å². The molecule has 5 nitrogen and oxygen atoms in total. The van der Waals surface area contributed by atoms with E-state index in [4.69, 9.17) is 5.11 Å². The third-order valence-corrected chi connectivity index (χ3v) is 5.77. The zero-order chi connectivity index (χ0) is 17.6. The van der Waals surface area contributed by atoms with Gasteiger partial charge in [0.1, 0.15) is 5.82 Å². The van der Waals surface area contributed by atoms with Crippen LogP contribution in [-0.2, 0) is 14.8 Å². The van der Waals surface area contributed by atoms with Gasteiger partial charge < -0.3 is 5.11 Å². The largest absolute Gasteiger partial charge is 0.481 e. The Morgan fingerprint density at radius 1 is 1.30 bits per heavy atom. The Kier molecular flexibility index (Phi) is 4.42. The third kappa shape index (κ3) is 3.32. The molecule has 0 spiro atoms. The second-order valence-electron chi connectivity index (χ2n) is 5.32. The summed E-state index contributed by atoms with van der Waals surface area (Å²) in [7, 11) is -4.42. The lowest BCUT2D eigenvalue weighted by Gasteiger charge is -2.19. The van der Waals surface area contributed by atoms with Crippen molar-refractivity contribution in [3.8, 4) is 0 Å². The Labute approximate surface area is 129 Å². The number of hydrogen-bond acceptors (Lipinski definition) is 3. The van der Waals surface area contributed by atoms with Gasteiger partial charge in [-0.25, -0.2) is 12.8 Å². The molecule has 1 aliphatic heterocycles. The molecule has 1 saturated heterocycles. The van der Waals surface area contributed by atoms with Gasteiger partial charge in [-0.3, -0.25) is 4.79 Å². The number of sulfonamides is 1. The molecule has 1 aromatic carbocycles. The van der Waals surface area contributed by atoms with Crippen molar-refractivity contribution < 1.29 is 35.9 Å². The zero-order valence-electron chi connectivity index (χ0n) is 11.8. The summed E-state index contributed by atoms with van der Waals surface area (Å²) < 4.78 is 77.4. The number of carboxylic acids is 1. The van der Waals surface area contributed by atoms with Gasteiger partial charge in [-0.1, -0.05) is 6.07 Å². The highest BCUT2D eigenvalue weighted by Crippen LogP contribution is 2.39. The first kappa shape index (κ1) is 17.7. The Balaban J connectivity index is 2.42. The van der Waals surface area contributed by atoms with Crippen LogP contribution in [0.1, 0.15) is 5.56 Å². The molecule has 0 radical (unpaired) electrons. The maximum Gasteiger partial charge on any atom is 0.393 e. The van der Waals surface area contributed by atoms with E-state index in [1.54, 1.807) is 0 Å². The minimum Gasteiger partial charge on any atom is -0.481 e. The Hall–Kier alpha value is -1.68. The van der Waals surface area contributed by atoms with Crippen LogP contribution in [0.4, 0.5) is 17.6 Å². The summed E-state index contributed by atoms with van der Waals surface area (Å²) >= 11 is 0. The summed E-state index contributed by atoms with van der Waals surface area (Å²) in [4.78, 5) is 10.5. The number of benzene rings is 1. The number of hydrogen-bond donors (Lipinski definition) is 1.